The van der Waals surface area contributed by atoms with E-state index in [0.29, 0.717) is 11.8 Å². The lowest BCUT2D eigenvalue weighted by Gasteiger charge is -2.55. The predicted molar refractivity (Wildman–Crippen MR) is 94.3 cm³/mol. The molecule has 0 bridgehead atoms. The number of aliphatic hydroxyl groups is 3. The molecule has 134 valence electrons. The number of hydrogen-bond donors (Lipinski definition) is 3. The lowest BCUT2D eigenvalue weighted by molar-refractivity contribution is -0.0253. The Hall–Kier alpha value is -0.640. The van der Waals surface area contributed by atoms with Gasteiger partial charge in [-0.1, -0.05) is 37.1 Å². The third-order valence-corrected chi connectivity index (χ3v) is 8.27. The zero-order chi connectivity index (χ0) is 17.1. The van der Waals surface area contributed by atoms with Gasteiger partial charge >= 0.3 is 0 Å². The second-order valence-electron chi connectivity index (χ2n) is 9.26. The maximum absolute atomic E-state index is 10.3. The topological polar surface area (TPSA) is 60.7 Å². The smallest absolute Gasteiger partial charge is 0.0804 e. The van der Waals surface area contributed by atoms with E-state index < -0.39 is 6.10 Å². The summed E-state index contributed by atoms with van der Waals surface area (Å²) in [4.78, 5) is 0. The minimum Gasteiger partial charge on any atom is -0.394 e. The van der Waals surface area contributed by atoms with Gasteiger partial charge in [0, 0.05) is 0 Å². The van der Waals surface area contributed by atoms with Crippen LogP contribution >= 0.6 is 0 Å². The molecule has 0 aromatic carbocycles. The van der Waals surface area contributed by atoms with Crippen LogP contribution in [-0.4, -0.2) is 34.1 Å². The average Bonchev–Trinajstić information content (AvgIpc) is 2.92. The van der Waals surface area contributed by atoms with Crippen LogP contribution < -0.4 is 0 Å². The van der Waals surface area contributed by atoms with Gasteiger partial charge in [0.05, 0.1) is 18.8 Å². The first kappa shape index (κ1) is 16.8. The van der Waals surface area contributed by atoms with Crippen LogP contribution in [0.15, 0.2) is 23.3 Å². The van der Waals surface area contributed by atoms with Gasteiger partial charge in [0.2, 0.25) is 0 Å². The van der Waals surface area contributed by atoms with E-state index in [1.165, 1.54) is 12.0 Å². The number of allylic oxidation sites excluding steroid dienone is 3. The normalized spacial score (nSPS) is 48.7. The maximum atomic E-state index is 10.3. The molecule has 0 radical (unpaired) electrons. The molecular weight excluding hydrogens is 300 g/mol. The van der Waals surface area contributed by atoms with Crippen molar-refractivity contribution in [2.75, 3.05) is 6.61 Å². The van der Waals surface area contributed by atoms with Crippen LogP contribution in [0.2, 0.25) is 0 Å². The Balaban J connectivity index is 1.68. The molecule has 3 heteroatoms. The van der Waals surface area contributed by atoms with Crippen molar-refractivity contribution in [2.24, 2.45) is 28.6 Å². The van der Waals surface area contributed by atoms with Crippen molar-refractivity contribution in [1.82, 2.24) is 0 Å². The molecular formula is C21H32O3. The molecule has 0 aromatic heterocycles. The summed E-state index contributed by atoms with van der Waals surface area (Å²) in [6.45, 7) is 4.65. The molecule has 4 aliphatic rings. The minimum absolute atomic E-state index is 0.116. The van der Waals surface area contributed by atoms with E-state index in [1.54, 1.807) is 5.57 Å². The number of rotatable bonds is 2. The molecule has 3 N–H and O–H groups in total. The molecule has 4 aliphatic carbocycles. The third kappa shape index (κ3) is 2.21. The average molecular weight is 332 g/mol. The van der Waals surface area contributed by atoms with E-state index in [2.05, 4.69) is 26.0 Å². The SMILES string of the molecule is C[C@]12CC[C@H]3C(=CC=C4C[C@@H](O)CC[C@@]43C)[C@@H]1CC[C@@H]2[C@H](O)CO. The Kier molecular flexibility index (Phi) is 3.98. The van der Waals surface area contributed by atoms with Crippen LogP contribution in [0.3, 0.4) is 0 Å². The highest BCUT2D eigenvalue weighted by Crippen LogP contribution is 2.65. The molecule has 3 saturated carbocycles. The first-order valence-corrected chi connectivity index (χ1v) is 9.78. The van der Waals surface area contributed by atoms with E-state index in [-0.39, 0.29) is 29.5 Å². The van der Waals surface area contributed by atoms with Crippen LogP contribution in [0.1, 0.15) is 58.8 Å². The Morgan fingerprint density at radius 2 is 1.88 bits per heavy atom. The van der Waals surface area contributed by atoms with Crippen LogP contribution in [0.25, 0.3) is 0 Å². The van der Waals surface area contributed by atoms with Crippen molar-refractivity contribution < 1.29 is 15.3 Å². The highest BCUT2D eigenvalue weighted by atomic mass is 16.3. The predicted octanol–water partition coefficient (Wildman–Crippen LogP) is 3.20. The summed E-state index contributed by atoms with van der Waals surface area (Å²) in [5, 5.41) is 29.8. The molecule has 4 rings (SSSR count). The molecule has 3 nitrogen and oxygen atoms in total. The quantitative estimate of drug-likeness (QED) is 0.728. The molecule has 7 atom stereocenters. The van der Waals surface area contributed by atoms with Gasteiger partial charge in [-0.25, -0.2) is 0 Å². The molecule has 0 unspecified atom stereocenters. The fourth-order valence-electron chi connectivity index (χ4n) is 6.78. The van der Waals surface area contributed by atoms with Gasteiger partial charge in [0.25, 0.3) is 0 Å². The summed E-state index contributed by atoms with van der Waals surface area (Å²) < 4.78 is 0. The molecule has 0 saturated heterocycles. The van der Waals surface area contributed by atoms with Crippen LogP contribution in [0.5, 0.6) is 0 Å². The number of hydrogen-bond acceptors (Lipinski definition) is 3. The summed E-state index contributed by atoms with van der Waals surface area (Å²) in [7, 11) is 0. The molecule has 3 fully saturated rings. The fourth-order valence-corrected chi connectivity index (χ4v) is 6.78. The standard InChI is InChI=1S/C21H32O3/c1-20-9-7-14(23)11-13(20)3-4-15-16-5-6-18(19(24)12-22)21(16,2)10-8-17(15)20/h3-4,14,16-19,22-24H,5-12H2,1-2H3/t14-,16-,17-,18+,19+,20-,21-/m0/s1. The molecule has 0 aromatic rings. The Labute approximate surface area is 145 Å². The zero-order valence-corrected chi connectivity index (χ0v) is 15.0. The first-order valence-electron chi connectivity index (χ1n) is 9.78. The van der Waals surface area contributed by atoms with E-state index in [9.17, 15) is 15.3 Å². The van der Waals surface area contributed by atoms with Gasteiger partial charge in [-0.2, -0.15) is 0 Å². The molecule has 24 heavy (non-hydrogen) atoms. The third-order valence-electron chi connectivity index (χ3n) is 8.27. The van der Waals surface area contributed by atoms with Gasteiger partial charge < -0.3 is 15.3 Å². The van der Waals surface area contributed by atoms with Gasteiger partial charge in [-0.3, -0.25) is 0 Å². The summed E-state index contributed by atoms with van der Waals surface area (Å²) in [6.07, 6.45) is 11.3. The van der Waals surface area contributed by atoms with Crippen LogP contribution in [0, 0.1) is 28.6 Å². The van der Waals surface area contributed by atoms with Gasteiger partial charge in [-0.05, 0) is 73.5 Å². The van der Waals surface area contributed by atoms with Crippen molar-refractivity contribution in [3.63, 3.8) is 0 Å². The second-order valence-corrected chi connectivity index (χ2v) is 9.26. The molecule has 0 spiro atoms. The van der Waals surface area contributed by atoms with Crippen molar-refractivity contribution in [3.05, 3.63) is 23.3 Å². The fraction of sp³-hybridized carbons (Fsp3) is 0.810. The molecule has 0 aliphatic heterocycles. The second kappa shape index (κ2) is 5.69. The zero-order valence-electron chi connectivity index (χ0n) is 15.0. The molecule has 0 heterocycles. The van der Waals surface area contributed by atoms with Gasteiger partial charge in [0.1, 0.15) is 0 Å². The van der Waals surface area contributed by atoms with Gasteiger partial charge in [-0.15, -0.1) is 0 Å². The summed E-state index contributed by atoms with van der Waals surface area (Å²) in [5.41, 5.74) is 3.39. The lowest BCUT2D eigenvalue weighted by Crippen LogP contribution is -2.47. The lowest BCUT2D eigenvalue weighted by atomic mass is 9.50. The van der Waals surface area contributed by atoms with E-state index in [0.717, 1.165) is 38.5 Å². The highest BCUT2D eigenvalue weighted by molar-refractivity contribution is 5.38. The highest BCUT2D eigenvalue weighted by Gasteiger charge is 2.57. The van der Waals surface area contributed by atoms with E-state index >= 15 is 0 Å². The minimum atomic E-state index is -0.577. The van der Waals surface area contributed by atoms with Gasteiger partial charge in [0.15, 0.2) is 0 Å². The summed E-state index contributed by atoms with van der Waals surface area (Å²) >= 11 is 0. The van der Waals surface area contributed by atoms with Crippen molar-refractivity contribution in [3.8, 4) is 0 Å². The van der Waals surface area contributed by atoms with Crippen molar-refractivity contribution in [2.45, 2.75) is 71.0 Å². The molecule has 0 amide bonds. The first-order chi connectivity index (χ1) is 11.4. The Bertz CT molecular complexity index is 580. The maximum Gasteiger partial charge on any atom is 0.0804 e. The summed E-state index contributed by atoms with van der Waals surface area (Å²) in [6, 6.07) is 0. The number of fused-ring (bicyclic) bond motifs is 5. The monoisotopic (exact) mass is 332 g/mol. The summed E-state index contributed by atoms with van der Waals surface area (Å²) in [5.74, 6) is 1.37. The van der Waals surface area contributed by atoms with Crippen LogP contribution in [0.4, 0.5) is 0 Å². The van der Waals surface area contributed by atoms with Crippen LogP contribution in [-0.2, 0) is 0 Å². The van der Waals surface area contributed by atoms with E-state index in [1.807, 2.05) is 0 Å². The van der Waals surface area contributed by atoms with Crippen molar-refractivity contribution in [1.29, 1.82) is 0 Å². The Morgan fingerprint density at radius 3 is 2.62 bits per heavy atom. The number of aliphatic hydroxyl groups excluding tert-OH is 3. The van der Waals surface area contributed by atoms with Crippen molar-refractivity contribution >= 4 is 0 Å². The Morgan fingerprint density at radius 1 is 1.08 bits per heavy atom. The largest absolute Gasteiger partial charge is 0.394 e. The van der Waals surface area contributed by atoms with E-state index in [4.69, 9.17) is 0 Å².